The Morgan fingerprint density at radius 1 is 1.26 bits per heavy atom. The monoisotopic (exact) mass is 261 g/mol. The highest BCUT2D eigenvalue weighted by Crippen LogP contribution is 2.52. The minimum atomic E-state index is 0.565. The third-order valence-corrected chi connectivity index (χ3v) is 4.34. The first kappa shape index (κ1) is 14.4. The Labute approximate surface area is 117 Å². The maximum absolute atomic E-state index is 5.77. The highest BCUT2D eigenvalue weighted by molar-refractivity contribution is 5.20. The first-order valence-electron chi connectivity index (χ1n) is 7.68. The summed E-state index contributed by atoms with van der Waals surface area (Å²) in [4.78, 5) is 0. The molecule has 2 rings (SSSR count). The van der Waals surface area contributed by atoms with Gasteiger partial charge in [0.1, 0.15) is 5.75 Å². The van der Waals surface area contributed by atoms with Gasteiger partial charge in [0.25, 0.3) is 0 Å². The summed E-state index contributed by atoms with van der Waals surface area (Å²) in [6.45, 7) is 6.56. The fourth-order valence-corrected chi connectivity index (χ4v) is 2.77. The molecule has 19 heavy (non-hydrogen) atoms. The summed E-state index contributed by atoms with van der Waals surface area (Å²) < 4.78 is 5.77. The van der Waals surface area contributed by atoms with E-state index in [0.717, 1.165) is 25.3 Å². The predicted molar refractivity (Wildman–Crippen MR) is 80.6 cm³/mol. The van der Waals surface area contributed by atoms with Crippen LogP contribution in [0.25, 0.3) is 0 Å². The van der Waals surface area contributed by atoms with Crippen molar-refractivity contribution in [1.82, 2.24) is 5.32 Å². The van der Waals surface area contributed by atoms with Crippen molar-refractivity contribution >= 4 is 0 Å². The van der Waals surface area contributed by atoms with E-state index in [0.29, 0.717) is 11.5 Å². The van der Waals surface area contributed by atoms with Crippen LogP contribution in [0.1, 0.15) is 46.0 Å². The second kappa shape index (κ2) is 6.95. The van der Waals surface area contributed by atoms with Crippen LogP contribution in [0, 0.1) is 5.41 Å². The van der Waals surface area contributed by atoms with Gasteiger partial charge in [-0.3, -0.25) is 0 Å². The average Bonchev–Trinajstić information content (AvgIpc) is 3.23. The van der Waals surface area contributed by atoms with Crippen LogP contribution in [0.2, 0.25) is 0 Å². The Hall–Kier alpha value is -1.02. The Bertz CT molecular complexity index is 359. The third kappa shape index (κ3) is 4.24. The molecule has 0 spiro atoms. The van der Waals surface area contributed by atoms with Gasteiger partial charge in [-0.25, -0.2) is 0 Å². The summed E-state index contributed by atoms with van der Waals surface area (Å²) >= 11 is 0. The second-order valence-electron chi connectivity index (χ2n) is 5.80. The zero-order valence-electron chi connectivity index (χ0n) is 12.3. The minimum Gasteiger partial charge on any atom is -0.494 e. The highest BCUT2D eigenvalue weighted by atomic mass is 16.5. The van der Waals surface area contributed by atoms with Crippen LogP contribution in [0.5, 0.6) is 5.75 Å². The van der Waals surface area contributed by atoms with Gasteiger partial charge in [-0.2, -0.15) is 0 Å². The van der Waals surface area contributed by atoms with Crippen LogP contribution in [0.15, 0.2) is 30.3 Å². The van der Waals surface area contributed by atoms with Crippen LogP contribution in [-0.2, 0) is 0 Å². The molecule has 1 N–H and O–H groups in total. The maximum atomic E-state index is 5.77. The van der Waals surface area contributed by atoms with Crippen molar-refractivity contribution in [3.05, 3.63) is 30.3 Å². The molecule has 0 amide bonds. The fraction of sp³-hybridized carbons (Fsp3) is 0.647. The molecule has 0 aromatic heterocycles. The first-order valence-corrected chi connectivity index (χ1v) is 7.68. The van der Waals surface area contributed by atoms with Crippen molar-refractivity contribution in [3.63, 3.8) is 0 Å². The topological polar surface area (TPSA) is 21.3 Å². The SMILES string of the molecule is CCCNC(C)C1(CCCOc2ccccc2)CC1. The third-order valence-electron chi connectivity index (χ3n) is 4.34. The summed E-state index contributed by atoms with van der Waals surface area (Å²) in [5.41, 5.74) is 0.565. The molecule has 2 nitrogen and oxygen atoms in total. The molecule has 1 atom stereocenters. The van der Waals surface area contributed by atoms with Crippen molar-refractivity contribution in [2.75, 3.05) is 13.2 Å². The number of nitrogens with one attached hydrogen (secondary N) is 1. The second-order valence-corrected chi connectivity index (χ2v) is 5.80. The number of ether oxygens (including phenoxy) is 1. The lowest BCUT2D eigenvalue weighted by molar-refractivity contribution is 0.263. The van der Waals surface area contributed by atoms with Crippen LogP contribution in [-0.4, -0.2) is 19.2 Å². The van der Waals surface area contributed by atoms with Crippen LogP contribution in [0.3, 0.4) is 0 Å². The van der Waals surface area contributed by atoms with Crippen molar-refractivity contribution in [3.8, 4) is 5.75 Å². The lowest BCUT2D eigenvalue weighted by Gasteiger charge is -2.24. The van der Waals surface area contributed by atoms with Crippen molar-refractivity contribution in [2.45, 2.75) is 52.0 Å². The Morgan fingerprint density at radius 2 is 2.00 bits per heavy atom. The first-order chi connectivity index (χ1) is 9.27. The van der Waals surface area contributed by atoms with E-state index < -0.39 is 0 Å². The quantitative estimate of drug-likeness (QED) is 0.678. The van der Waals surface area contributed by atoms with E-state index in [1.165, 1.54) is 25.7 Å². The summed E-state index contributed by atoms with van der Waals surface area (Å²) in [5.74, 6) is 0.990. The van der Waals surface area contributed by atoms with Gasteiger partial charge in [0.15, 0.2) is 0 Å². The maximum Gasteiger partial charge on any atom is 0.119 e. The molecule has 1 saturated carbocycles. The number of para-hydroxylation sites is 1. The standard InChI is InChI=1S/C17H27NO/c1-3-13-18-15(2)17(11-12-17)10-7-14-19-16-8-5-4-6-9-16/h4-6,8-9,15,18H,3,7,10-14H2,1-2H3. The molecule has 1 fully saturated rings. The molecular formula is C17H27NO. The van der Waals surface area contributed by atoms with Gasteiger partial charge >= 0.3 is 0 Å². The molecule has 0 heterocycles. The van der Waals surface area contributed by atoms with Gasteiger partial charge in [0, 0.05) is 6.04 Å². The molecule has 2 heteroatoms. The van der Waals surface area contributed by atoms with Crippen LogP contribution >= 0.6 is 0 Å². The fourth-order valence-electron chi connectivity index (χ4n) is 2.77. The largest absolute Gasteiger partial charge is 0.494 e. The zero-order chi connectivity index (χ0) is 13.6. The summed E-state index contributed by atoms with van der Waals surface area (Å²) in [6.07, 6.45) is 6.44. The molecule has 1 unspecified atom stereocenters. The van der Waals surface area contributed by atoms with Crippen LogP contribution < -0.4 is 10.1 Å². The van der Waals surface area contributed by atoms with E-state index in [-0.39, 0.29) is 0 Å². The van der Waals surface area contributed by atoms with Crippen LogP contribution in [0.4, 0.5) is 0 Å². The van der Waals surface area contributed by atoms with Gasteiger partial charge in [-0.05, 0) is 63.1 Å². The van der Waals surface area contributed by atoms with Crippen molar-refractivity contribution in [2.24, 2.45) is 5.41 Å². The van der Waals surface area contributed by atoms with Gasteiger partial charge < -0.3 is 10.1 Å². The molecule has 1 aliphatic carbocycles. The van der Waals surface area contributed by atoms with E-state index in [4.69, 9.17) is 4.74 Å². The van der Waals surface area contributed by atoms with Gasteiger partial charge in [-0.15, -0.1) is 0 Å². The molecule has 0 radical (unpaired) electrons. The normalized spacial score (nSPS) is 18.0. The predicted octanol–water partition coefficient (Wildman–Crippen LogP) is 4.01. The van der Waals surface area contributed by atoms with Gasteiger partial charge in [0.2, 0.25) is 0 Å². The summed E-state index contributed by atoms with van der Waals surface area (Å²) in [6, 6.07) is 10.8. The van der Waals surface area contributed by atoms with E-state index in [9.17, 15) is 0 Å². The molecule has 106 valence electrons. The number of hydrogen-bond donors (Lipinski definition) is 1. The summed E-state index contributed by atoms with van der Waals surface area (Å²) in [5, 5.41) is 3.65. The van der Waals surface area contributed by atoms with Gasteiger partial charge in [-0.1, -0.05) is 25.1 Å². The smallest absolute Gasteiger partial charge is 0.119 e. The number of benzene rings is 1. The van der Waals surface area contributed by atoms with E-state index in [2.05, 4.69) is 19.2 Å². The van der Waals surface area contributed by atoms with Crippen molar-refractivity contribution < 1.29 is 4.74 Å². The number of hydrogen-bond acceptors (Lipinski definition) is 2. The molecule has 1 aliphatic rings. The lowest BCUT2D eigenvalue weighted by Crippen LogP contribution is -2.35. The number of rotatable bonds is 9. The Balaban J connectivity index is 1.65. The van der Waals surface area contributed by atoms with E-state index >= 15 is 0 Å². The molecule has 0 saturated heterocycles. The van der Waals surface area contributed by atoms with E-state index in [1.807, 2.05) is 30.3 Å². The van der Waals surface area contributed by atoms with Gasteiger partial charge in [0.05, 0.1) is 6.61 Å². The minimum absolute atomic E-state index is 0.565. The Kier molecular flexibility index (Phi) is 5.26. The lowest BCUT2D eigenvalue weighted by atomic mass is 9.92. The Morgan fingerprint density at radius 3 is 2.63 bits per heavy atom. The molecular weight excluding hydrogens is 234 g/mol. The average molecular weight is 261 g/mol. The van der Waals surface area contributed by atoms with Crippen molar-refractivity contribution in [1.29, 1.82) is 0 Å². The molecule has 1 aromatic carbocycles. The molecule has 0 aliphatic heterocycles. The molecule has 1 aromatic rings. The highest BCUT2D eigenvalue weighted by Gasteiger charge is 2.46. The van der Waals surface area contributed by atoms with E-state index in [1.54, 1.807) is 0 Å². The molecule has 0 bridgehead atoms. The zero-order valence-corrected chi connectivity index (χ0v) is 12.3. The summed E-state index contributed by atoms with van der Waals surface area (Å²) in [7, 11) is 0.